The lowest BCUT2D eigenvalue weighted by atomic mass is 9.46. The molecule has 4 aliphatic rings. The van der Waals surface area contributed by atoms with Crippen molar-refractivity contribution in [1.82, 2.24) is 0 Å². The summed E-state index contributed by atoms with van der Waals surface area (Å²) in [6.45, 7) is 8.59. The van der Waals surface area contributed by atoms with E-state index in [0.717, 1.165) is 44.1 Å². The number of aryl methyl sites for hydroxylation is 1. The number of ketones is 2. The molecule has 0 bridgehead atoms. The van der Waals surface area contributed by atoms with Crippen molar-refractivity contribution in [3.05, 3.63) is 33.5 Å². The highest BCUT2D eigenvalue weighted by Crippen LogP contribution is 2.67. The summed E-state index contributed by atoms with van der Waals surface area (Å²) in [5.41, 5.74) is 0.490. The van der Waals surface area contributed by atoms with Gasteiger partial charge in [-0.05, 0) is 85.6 Å². The zero-order valence-electron chi connectivity index (χ0n) is 21.8. The third kappa shape index (κ3) is 3.65. The summed E-state index contributed by atoms with van der Waals surface area (Å²) >= 11 is 1.41. The van der Waals surface area contributed by atoms with Crippen molar-refractivity contribution in [2.24, 2.45) is 34.5 Å². The minimum atomic E-state index is -1.60. The number of fused-ring (bicyclic) bond motifs is 5. The Labute approximate surface area is 213 Å². The van der Waals surface area contributed by atoms with Crippen molar-refractivity contribution >= 4 is 22.9 Å². The summed E-state index contributed by atoms with van der Waals surface area (Å²) in [5.74, 6) is 0.00849. The fraction of sp³-hybridized carbons (Fsp3) is 0.724. The second kappa shape index (κ2) is 8.90. The van der Waals surface area contributed by atoms with E-state index in [1.807, 2.05) is 18.4 Å². The van der Waals surface area contributed by atoms with Gasteiger partial charge in [-0.25, -0.2) is 0 Å². The fourth-order valence-electron chi connectivity index (χ4n) is 8.48. The molecule has 0 saturated heterocycles. The molecule has 5 nitrogen and oxygen atoms in total. The van der Waals surface area contributed by atoms with Crippen molar-refractivity contribution in [2.45, 2.75) is 84.3 Å². The lowest BCUT2D eigenvalue weighted by Crippen LogP contribution is -2.59. The first-order chi connectivity index (χ1) is 16.6. The molecule has 1 heterocycles. The molecule has 0 aliphatic heterocycles. The zero-order valence-corrected chi connectivity index (χ0v) is 22.6. The monoisotopic (exact) mass is 500 g/mol. The summed E-state index contributed by atoms with van der Waals surface area (Å²) in [5, 5.41) is 14.1. The largest absolute Gasteiger partial charge is 0.381 e. The van der Waals surface area contributed by atoms with Gasteiger partial charge < -0.3 is 14.6 Å². The molecule has 0 spiro atoms. The van der Waals surface area contributed by atoms with E-state index in [1.54, 1.807) is 14.0 Å². The zero-order chi connectivity index (χ0) is 25.2. The maximum atomic E-state index is 13.6. The molecule has 0 unspecified atom stereocenters. The highest BCUT2D eigenvalue weighted by molar-refractivity contribution is 7.12. The Balaban J connectivity index is 1.42. The number of hydrogen-bond donors (Lipinski definition) is 1. The standard InChI is InChI=1S/C29H40O5S/c1-17-12-24(35-15-17)26(31)18(2)29(32)25(30)14-23-21-7-6-19-13-20(34-16-33-5)8-10-27(19,3)22(21)9-11-28(23,29)4/h6,12,15,18,20-23,32H,7-11,13-14,16H2,1-5H3/t18-,20+,21-,22+,23+,27+,28+,29-/m1/s1. The van der Waals surface area contributed by atoms with E-state index in [-0.39, 0.29) is 29.0 Å². The second-order valence-electron chi connectivity index (χ2n) is 12.1. The molecule has 5 rings (SSSR count). The quantitative estimate of drug-likeness (QED) is 0.306. The predicted molar refractivity (Wildman–Crippen MR) is 136 cm³/mol. The van der Waals surface area contributed by atoms with Gasteiger partial charge in [-0.15, -0.1) is 11.3 Å². The molecular weight excluding hydrogens is 460 g/mol. The summed E-state index contributed by atoms with van der Waals surface area (Å²) in [4.78, 5) is 27.6. The molecule has 1 aromatic heterocycles. The maximum Gasteiger partial charge on any atom is 0.178 e. The first-order valence-corrected chi connectivity index (χ1v) is 14.1. The average molecular weight is 501 g/mol. The van der Waals surface area contributed by atoms with Gasteiger partial charge in [-0.2, -0.15) is 0 Å². The Hall–Kier alpha value is -1.34. The fourth-order valence-corrected chi connectivity index (χ4v) is 9.41. The molecule has 1 aromatic rings. The summed E-state index contributed by atoms with van der Waals surface area (Å²) < 4.78 is 11.0. The summed E-state index contributed by atoms with van der Waals surface area (Å²) in [6.07, 6.45) is 8.81. The van der Waals surface area contributed by atoms with E-state index in [1.165, 1.54) is 16.9 Å². The Kier molecular flexibility index (Phi) is 6.44. The van der Waals surface area contributed by atoms with Gasteiger partial charge in [0.1, 0.15) is 12.4 Å². The van der Waals surface area contributed by atoms with Crippen LogP contribution in [0, 0.1) is 41.4 Å². The number of hydrogen-bond acceptors (Lipinski definition) is 6. The van der Waals surface area contributed by atoms with E-state index in [9.17, 15) is 14.7 Å². The van der Waals surface area contributed by atoms with E-state index < -0.39 is 16.9 Å². The lowest BCUT2D eigenvalue weighted by molar-refractivity contribution is -0.161. The molecule has 192 valence electrons. The van der Waals surface area contributed by atoms with Crippen LogP contribution in [0.2, 0.25) is 0 Å². The molecule has 8 atom stereocenters. The maximum absolute atomic E-state index is 13.6. The average Bonchev–Trinajstić information content (AvgIpc) is 3.36. The number of carbonyl (C=O) groups is 2. The number of Topliss-reactive ketones (excluding diaryl/α,β-unsaturated/α-hetero) is 2. The molecule has 0 aromatic carbocycles. The number of aliphatic hydroxyl groups is 1. The molecule has 3 fully saturated rings. The lowest BCUT2D eigenvalue weighted by Gasteiger charge is -2.59. The van der Waals surface area contributed by atoms with Gasteiger partial charge in [0.15, 0.2) is 11.6 Å². The molecule has 6 heteroatoms. The van der Waals surface area contributed by atoms with Crippen LogP contribution in [0.25, 0.3) is 0 Å². The highest BCUT2D eigenvalue weighted by atomic mass is 32.1. The Morgan fingerprint density at radius 3 is 2.69 bits per heavy atom. The van der Waals surface area contributed by atoms with E-state index >= 15 is 0 Å². The molecule has 0 radical (unpaired) electrons. The second-order valence-corrected chi connectivity index (χ2v) is 13.0. The number of allylic oxidation sites excluding steroid dienone is 1. The SMILES string of the molecule is COCO[C@H]1CC[C@@]2(C)C(=CC[C@@H]3[C@@H]2CC[C@@]2(C)[C@H]3CC(=O)[C@]2(O)[C@H](C)C(=O)c2cc(C)cs2)C1. The van der Waals surface area contributed by atoms with Crippen LogP contribution >= 0.6 is 11.3 Å². The molecule has 35 heavy (non-hydrogen) atoms. The normalized spacial score (nSPS) is 41.5. The van der Waals surface area contributed by atoms with E-state index in [2.05, 4.69) is 19.9 Å². The number of rotatable bonds is 6. The van der Waals surface area contributed by atoms with Crippen molar-refractivity contribution in [2.75, 3.05) is 13.9 Å². The summed E-state index contributed by atoms with van der Waals surface area (Å²) in [7, 11) is 1.66. The van der Waals surface area contributed by atoms with Gasteiger partial charge in [0.2, 0.25) is 0 Å². The van der Waals surface area contributed by atoms with Gasteiger partial charge >= 0.3 is 0 Å². The van der Waals surface area contributed by atoms with Crippen molar-refractivity contribution in [1.29, 1.82) is 0 Å². The molecule has 3 saturated carbocycles. The number of carbonyl (C=O) groups excluding carboxylic acids is 2. The topological polar surface area (TPSA) is 72.8 Å². The van der Waals surface area contributed by atoms with Crippen LogP contribution in [0.1, 0.15) is 81.0 Å². The third-order valence-corrected chi connectivity index (χ3v) is 11.6. The first kappa shape index (κ1) is 25.3. The number of methoxy groups -OCH3 is 1. The minimum absolute atomic E-state index is 0.102. The van der Waals surface area contributed by atoms with Crippen molar-refractivity contribution in [3.63, 3.8) is 0 Å². The molecule has 0 amide bonds. The van der Waals surface area contributed by atoms with E-state index in [4.69, 9.17) is 9.47 Å². The predicted octanol–water partition coefficient (Wildman–Crippen LogP) is 5.74. The van der Waals surface area contributed by atoms with Crippen LogP contribution in [0.3, 0.4) is 0 Å². The third-order valence-electron chi connectivity index (χ3n) is 10.6. The van der Waals surface area contributed by atoms with Gasteiger partial charge in [0.05, 0.1) is 16.9 Å². The molecule has 4 aliphatic carbocycles. The van der Waals surface area contributed by atoms with Crippen LogP contribution in [0.15, 0.2) is 23.1 Å². The van der Waals surface area contributed by atoms with Crippen LogP contribution in [0.4, 0.5) is 0 Å². The van der Waals surface area contributed by atoms with Crippen molar-refractivity contribution in [3.8, 4) is 0 Å². The summed E-state index contributed by atoms with van der Waals surface area (Å²) in [6, 6.07) is 1.88. The van der Waals surface area contributed by atoms with Crippen LogP contribution in [-0.2, 0) is 14.3 Å². The number of ether oxygens (including phenoxy) is 2. The first-order valence-electron chi connectivity index (χ1n) is 13.2. The van der Waals surface area contributed by atoms with Gasteiger partial charge in [0.25, 0.3) is 0 Å². The Morgan fingerprint density at radius 2 is 2.00 bits per heavy atom. The minimum Gasteiger partial charge on any atom is -0.381 e. The molecular formula is C29H40O5S. The van der Waals surface area contributed by atoms with Gasteiger partial charge in [-0.3, -0.25) is 9.59 Å². The highest BCUT2D eigenvalue weighted by Gasteiger charge is 2.69. The van der Waals surface area contributed by atoms with E-state index in [0.29, 0.717) is 29.9 Å². The molecule has 1 N–H and O–H groups in total. The van der Waals surface area contributed by atoms with Crippen molar-refractivity contribution < 1.29 is 24.2 Å². The van der Waals surface area contributed by atoms with Crippen LogP contribution in [-0.4, -0.2) is 42.3 Å². The van der Waals surface area contributed by atoms with Gasteiger partial charge in [0, 0.05) is 18.9 Å². The van der Waals surface area contributed by atoms with Crippen LogP contribution in [0.5, 0.6) is 0 Å². The smallest absolute Gasteiger partial charge is 0.178 e. The van der Waals surface area contributed by atoms with Gasteiger partial charge in [-0.1, -0.05) is 32.4 Å². The van der Waals surface area contributed by atoms with Crippen LogP contribution < -0.4 is 0 Å². The Morgan fingerprint density at radius 1 is 1.23 bits per heavy atom. The Bertz CT molecular complexity index is 1040. The number of thiophene rings is 1.